The van der Waals surface area contributed by atoms with Crippen molar-refractivity contribution >= 4 is 24.0 Å². The number of nitrogens with one attached hydrogen (secondary N) is 1. The molecule has 2 amide bonds. The number of alkyl carbamates (subject to hydrolysis) is 1. The molecule has 136 valence electrons. The molecule has 0 unspecified atom stereocenters. The lowest BCUT2D eigenvalue weighted by Gasteiger charge is -2.09. The summed E-state index contributed by atoms with van der Waals surface area (Å²) >= 11 is 0. The molecule has 0 aromatic heterocycles. The minimum Gasteiger partial charge on any atom is -0.493 e. The summed E-state index contributed by atoms with van der Waals surface area (Å²) in [4.78, 5) is 34.0. The van der Waals surface area contributed by atoms with Gasteiger partial charge in [0, 0.05) is 6.08 Å². The maximum Gasteiger partial charge on any atom is 0.413 e. The van der Waals surface area contributed by atoms with E-state index in [1.54, 1.807) is 25.1 Å². The Balaban J connectivity index is 2.55. The normalized spacial score (nSPS) is 10.2. The zero-order valence-electron chi connectivity index (χ0n) is 14.4. The van der Waals surface area contributed by atoms with E-state index in [9.17, 15) is 14.4 Å². The number of methoxy groups -OCH3 is 1. The molecule has 0 aliphatic carbocycles. The highest BCUT2D eigenvalue weighted by Gasteiger charge is 2.10. The standard InChI is InChI=1S/C17H21NO7/c1-4-23-14-10-12(6-8-13(14)22-3)7-9-16(20)25-11-15(19)18-17(21)24-5-2/h6-10H,4-5,11H2,1-3H3,(H,18,19,21)/b9-7+. The lowest BCUT2D eigenvalue weighted by atomic mass is 10.2. The Morgan fingerprint density at radius 2 is 1.84 bits per heavy atom. The van der Waals surface area contributed by atoms with Gasteiger partial charge in [0.1, 0.15) is 0 Å². The number of carbonyl (C=O) groups excluding carboxylic acids is 3. The van der Waals surface area contributed by atoms with E-state index in [2.05, 4.69) is 4.74 Å². The zero-order valence-corrected chi connectivity index (χ0v) is 14.4. The Morgan fingerprint density at radius 1 is 1.08 bits per heavy atom. The quantitative estimate of drug-likeness (QED) is 0.564. The van der Waals surface area contributed by atoms with Crippen molar-refractivity contribution in [2.75, 3.05) is 26.9 Å². The van der Waals surface area contributed by atoms with Crippen LogP contribution in [0.15, 0.2) is 24.3 Å². The molecule has 0 fully saturated rings. The monoisotopic (exact) mass is 351 g/mol. The van der Waals surface area contributed by atoms with Gasteiger partial charge in [-0.05, 0) is 37.6 Å². The van der Waals surface area contributed by atoms with Gasteiger partial charge in [-0.15, -0.1) is 0 Å². The maximum atomic E-state index is 11.6. The van der Waals surface area contributed by atoms with E-state index in [0.29, 0.717) is 23.7 Å². The first-order valence-electron chi connectivity index (χ1n) is 7.62. The fourth-order valence-corrected chi connectivity index (χ4v) is 1.73. The van der Waals surface area contributed by atoms with E-state index in [0.717, 1.165) is 6.08 Å². The van der Waals surface area contributed by atoms with Crippen LogP contribution in [0.2, 0.25) is 0 Å². The molecule has 0 atom stereocenters. The van der Waals surface area contributed by atoms with Crippen LogP contribution in [0, 0.1) is 0 Å². The van der Waals surface area contributed by atoms with Gasteiger partial charge >= 0.3 is 12.1 Å². The number of esters is 1. The van der Waals surface area contributed by atoms with Gasteiger partial charge in [0.2, 0.25) is 0 Å². The third kappa shape index (κ3) is 7.38. The summed E-state index contributed by atoms with van der Waals surface area (Å²) in [5.41, 5.74) is 0.692. The minimum atomic E-state index is -0.888. The number of imide groups is 1. The summed E-state index contributed by atoms with van der Waals surface area (Å²) in [6.45, 7) is 3.47. The molecule has 0 radical (unpaired) electrons. The minimum absolute atomic E-state index is 0.132. The van der Waals surface area contributed by atoms with Crippen molar-refractivity contribution < 1.29 is 33.3 Å². The van der Waals surface area contributed by atoms with Crippen LogP contribution in [0.5, 0.6) is 11.5 Å². The summed E-state index contributed by atoms with van der Waals surface area (Å²) in [5, 5.41) is 1.91. The second-order valence-electron chi connectivity index (χ2n) is 4.55. The van der Waals surface area contributed by atoms with Crippen LogP contribution in [0.3, 0.4) is 0 Å². The Morgan fingerprint density at radius 3 is 2.48 bits per heavy atom. The van der Waals surface area contributed by atoms with Crippen LogP contribution in [0.25, 0.3) is 6.08 Å². The molecule has 1 aromatic rings. The molecule has 0 spiro atoms. The Bertz CT molecular complexity index is 640. The van der Waals surface area contributed by atoms with Gasteiger partial charge < -0.3 is 18.9 Å². The first-order valence-corrected chi connectivity index (χ1v) is 7.62. The lowest BCUT2D eigenvalue weighted by molar-refractivity contribution is -0.143. The SMILES string of the molecule is CCOC(=O)NC(=O)COC(=O)/C=C/c1ccc(OC)c(OCC)c1. The summed E-state index contributed by atoms with van der Waals surface area (Å²) in [7, 11) is 1.53. The molecule has 1 aromatic carbocycles. The summed E-state index contributed by atoms with van der Waals surface area (Å²) < 4.78 is 19.9. The second kappa shape index (κ2) is 10.7. The van der Waals surface area contributed by atoms with E-state index in [4.69, 9.17) is 14.2 Å². The largest absolute Gasteiger partial charge is 0.493 e. The van der Waals surface area contributed by atoms with Crippen LogP contribution in [-0.2, 0) is 19.1 Å². The summed E-state index contributed by atoms with van der Waals surface area (Å²) in [6, 6.07) is 5.15. The number of rotatable bonds is 8. The van der Waals surface area contributed by atoms with Gasteiger partial charge in [-0.1, -0.05) is 6.07 Å². The average Bonchev–Trinajstić information content (AvgIpc) is 2.58. The fraction of sp³-hybridized carbons (Fsp3) is 0.353. The van der Waals surface area contributed by atoms with Gasteiger partial charge in [-0.3, -0.25) is 10.1 Å². The van der Waals surface area contributed by atoms with Crippen molar-refractivity contribution in [2.24, 2.45) is 0 Å². The average molecular weight is 351 g/mol. The highest BCUT2D eigenvalue weighted by molar-refractivity contribution is 5.94. The first-order chi connectivity index (χ1) is 12.0. The van der Waals surface area contributed by atoms with E-state index in [1.807, 2.05) is 12.2 Å². The van der Waals surface area contributed by atoms with Crippen LogP contribution < -0.4 is 14.8 Å². The van der Waals surface area contributed by atoms with E-state index < -0.39 is 24.6 Å². The number of amides is 2. The van der Waals surface area contributed by atoms with Crippen LogP contribution in [0.1, 0.15) is 19.4 Å². The lowest BCUT2D eigenvalue weighted by Crippen LogP contribution is -2.34. The van der Waals surface area contributed by atoms with E-state index in [1.165, 1.54) is 13.2 Å². The molecule has 25 heavy (non-hydrogen) atoms. The molecular formula is C17H21NO7. The topological polar surface area (TPSA) is 100 Å². The van der Waals surface area contributed by atoms with Crippen LogP contribution in [-0.4, -0.2) is 44.9 Å². The Labute approximate surface area is 145 Å². The second-order valence-corrected chi connectivity index (χ2v) is 4.55. The summed E-state index contributed by atoms with van der Waals surface area (Å²) in [5.74, 6) is -0.373. The predicted octanol–water partition coefficient (Wildman–Crippen LogP) is 1.92. The van der Waals surface area contributed by atoms with E-state index >= 15 is 0 Å². The van der Waals surface area contributed by atoms with Crippen molar-refractivity contribution in [1.29, 1.82) is 0 Å². The van der Waals surface area contributed by atoms with Gasteiger partial charge in [-0.25, -0.2) is 9.59 Å². The molecule has 0 bridgehead atoms. The number of carbonyl (C=O) groups is 3. The van der Waals surface area contributed by atoms with Crippen LogP contribution in [0.4, 0.5) is 4.79 Å². The molecule has 0 saturated carbocycles. The number of hydrogen-bond acceptors (Lipinski definition) is 7. The molecule has 0 aliphatic rings. The smallest absolute Gasteiger partial charge is 0.413 e. The third-order valence-electron chi connectivity index (χ3n) is 2.76. The van der Waals surface area contributed by atoms with Crippen molar-refractivity contribution in [3.63, 3.8) is 0 Å². The number of hydrogen-bond donors (Lipinski definition) is 1. The van der Waals surface area contributed by atoms with E-state index in [-0.39, 0.29) is 6.61 Å². The first kappa shape index (κ1) is 20.0. The Kier molecular flexibility index (Phi) is 8.56. The molecule has 1 rings (SSSR count). The van der Waals surface area contributed by atoms with Gasteiger partial charge in [0.15, 0.2) is 18.1 Å². The van der Waals surface area contributed by atoms with Crippen molar-refractivity contribution in [3.8, 4) is 11.5 Å². The predicted molar refractivity (Wildman–Crippen MR) is 89.3 cm³/mol. The maximum absolute atomic E-state index is 11.6. The van der Waals surface area contributed by atoms with Crippen molar-refractivity contribution in [2.45, 2.75) is 13.8 Å². The molecular weight excluding hydrogens is 330 g/mol. The molecule has 8 nitrogen and oxygen atoms in total. The highest BCUT2D eigenvalue weighted by Crippen LogP contribution is 2.28. The summed E-state index contributed by atoms with van der Waals surface area (Å²) in [6.07, 6.45) is 1.78. The highest BCUT2D eigenvalue weighted by atomic mass is 16.6. The molecule has 1 N–H and O–H groups in total. The molecule has 0 heterocycles. The molecule has 0 saturated heterocycles. The molecule has 8 heteroatoms. The molecule has 0 aliphatic heterocycles. The van der Waals surface area contributed by atoms with Crippen molar-refractivity contribution in [3.05, 3.63) is 29.8 Å². The number of ether oxygens (including phenoxy) is 4. The van der Waals surface area contributed by atoms with Crippen LogP contribution >= 0.6 is 0 Å². The number of benzene rings is 1. The zero-order chi connectivity index (χ0) is 18.7. The fourth-order valence-electron chi connectivity index (χ4n) is 1.73. The van der Waals surface area contributed by atoms with Gasteiger partial charge in [0.25, 0.3) is 5.91 Å². The van der Waals surface area contributed by atoms with Crippen molar-refractivity contribution in [1.82, 2.24) is 5.32 Å². The van der Waals surface area contributed by atoms with Gasteiger partial charge in [-0.2, -0.15) is 0 Å². The Hall–Kier alpha value is -3.03. The van der Waals surface area contributed by atoms with Gasteiger partial charge in [0.05, 0.1) is 20.3 Å². The third-order valence-corrected chi connectivity index (χ3v) is 2.76.